The quantitative estimate of drug-likeness (QED) is 0.855. The lowest BCUT2D eigenvalue weighted by atomic mass is 10.1. The Morgan fingerprint density at radius 1 is 1.08 bits per heavy atom. The number of amides is 2. The van der Waals surface area contributed by atoms with Crippen LogP contribution in [0.15, 0.2) is 34.9 Å². The van der Waals surface area contributed by atoms with Crippen molar-refractivity contribution in [1.82, 2.24) is 15.0 Å². The number of rotatable bonds is 4. The minimum absolute atomic E-state index is 0.135. The van der Waals surface area contributed by atoms with E-state index in [2.05, 4.69) is 30.3 Å². The van der Waals surface area contributed by atoms with E-state index in [1.807, 2.05) is 11.0 Å². The maximum absolute atomic E-state index is 12.4. The topological polar surface area (TPSA) is 66.7 Å². The number of hydrogen-bond donors (Lipinski definition) is 0. The molecule has 0 spiro atoms. The number of carbonyl (C=O) groups excluding carboxylic acids is 2. The zero-order valence-electron chi connectivity index (χ0n) is 14.7. The van der Waals surface area contributed by atoms with Gasteiger partial charge in [-0.25, -0.2) is 0 Å². The molecular weight excluding hydrogens is 318 g/mol. The monoisotopic (exact) mass is 341 g/mol. The first-order valence-corrected chi connectivity index (χ1v) is 8.59. The third-order valence-corrected chi connectivity index (χ3v) is 4.48. The molecule has 0 aliphatic carbocycles. The summed E-state index contributed by atoms with van der Waals surface area (Å²) >= 11 is 0. The van der Waals surface area contributed by atoms with Gasteiger partial charge in [0.1, 0.15) is 5.76 Å². The van der Waals surface area contributed by atoms with Gasteiger partial charge in [-0.15, -0.1) is 0 Å². The molecule has 6 heteroatoms. The first-order valence-electron chi connectivity index (χ1n) is 8.59. The van der Waals surface area contributed by atoms with Crippen molar-refractivity contribution in [1.29, 1.82) is 0 Å². The number of aryl methyl sites for hydroxylation is 3. The van der Waals surface area contributed by atoms with Crippen molar-refractivity contribution in [3.05, 3.63) is 52.9 Å². The minimum atomic E-state index is -0.135. The zero-order chi connectivity index (χ0) is 17.8. The van der Waals surface area contributed by atoms with Gasteiger partial charge < -0.3 is 14.3 Å². The lowest BCUT2D eigenvalue weighted by Gasteiger charge is -2.34. The van der Waals surface area contributed by atoms with E-state index >= 15 is 0 Å². The molecule has 6 nitrogen and oxygen atoms in total. The lowest BCUT2D eigenvalue weighted by molar-refractivity contribution is -0.132. The molecule has 1 aliphatic heterocycles. The van der Waals surface area contributed by atoms with Gasteiger partial charge in [-0.05, 0) is 25.8 Å². The summed E-state index contributed by atoms with van der Waals surface area (Å²) in [5, 5.41) is 3.77. The molecule has 1 aliphatic rings. The van der Waals surface area contributed by atoms with E-state index < -0.39 is 0 Å². The van der Waals surface area contributed by atoms with Gasteiger partial charge in [0.05, 0.1) is 0 Å². The fourth-order valence-corrected chi connectivity index (χ4v) is 3.07. The van der Waals surface area contributed by atoms with Crippen LogP contribution in [-0.2, 0) is 11.2 Å². The molecule has 0 bridgehead atoms. The average Bonchev–Trinajstić information content (AvgIpc) is 3.06. The van der Waals surface area contributed by atoms with Gasteiger partial charge in [0, 0.05) is 38.7 Å². The Morgan fingerprint density at radius 3 is 2.44 bits per heavy atom. The van der Waals surface area contributed by atoms with Gasteiger partial charge in [-0.2, -0.15) is 0 Å². The Balaban J connectivity index is 1.48. The summed E-state index contributed by atoms with van der Waals surface area (Å²) in [6, 6.07) is 9.88. The summed E-state index contributed by atoms with van der Waals surface area (Å²) < 4.78 is 4.96. The van der Waals surface area contributed by atoms with Crippen molar-refractivity contribution in [2.45, 2.75) is 26.7 Å². The van der Waals surface area contributed by atoms with Crippen LogP contribution in [0.25, 0.3) is 0 Å². The van der Waals surface area contributed by atoms with Crippen LogP contribution in [0, 0.1) is 13.8 Å². The number of benzene rings is 1. The molecular formula is C19H23N3O3. The van der Waals surface area contributed by atoms with Crippen molar-refractivity contribution in [2.24, 2.45) is 0 Å². The van der Waals surface area contributed by atoms with Gasteiger partial charge in [-0.1, -0.05) is 35.0 Å². The number of hydrogen-bond acceptors (Lipinski definition) is 4. The summed E-state index contributed by atoms with van der Waals surface area (Å²) in [4.78, 5) is 28.3. The molecule has 3 rings (SSSR count). The van der Waals surface area contributed by atoms with Gasteiger partial charge in [-0.3, -0.25) is 9.59 Å². The molecule has 1 saturated heterocycles. The maximum atomic E-state index is 12.4. The van der Waals surface area contributed by atoms with Gasteiger partial charge in [0.2, 0.25) is 5.91 Å². The SMILES string of the molecule is Cc1cccc(CCC(=O)N2CCN(C(=O)c3cc(C)on3)CC2)c1. The minimum Gasteiger partial charge on any atom is -0.361 e. The van der Waals surface area contributed by atoms with Crippen LogP contribution < -0.4 is 0 Å². The number of aromatic nitrogens is 1. The van der Waals surface area contributed by atoms with Gasteiger partial charge in [0.25, 0.3) is 5.91 Å². The van der Waals surface area contributed by atoms with Crippen LogP contribution in [0.1, 0.15) is 33.8 Å². The highest BCUT2D eigenvalue weighted by molar-refractivity contribution is 5.92. The molecule has 0 saturated carbocycles. The average molecular weight is 341 g/mol. The van der Waals surface area contributed by atoms with Crippen LogP contribution in [0.2, 0.25) is 0 Å². The second kappa shape index (κ2) is 7.51. The summed E-state index contributed by atoms with van der Waals surface area (Å²) in [7, 11) is 0. The maximum Gasteiger partial charge on any atom is 0.276 e. The smallest absolute Gasteiger partial charge is 0.276 e. The molecule has 0 atom stereocenters. The summed E-state index contributed by atoms with van der Waals surface area (Å²) in [5.74, 6) is 0.628. The predicted octanol–water partition coefficient (Wildman–Crippen LogP) is 2.21. The van der Waals surface area contributed by atoms with Crippen molar-refractivity contribution in [2.75, 3.05) is 26.2 Å². The normalized spacial score (nSPS) is 14.6. The number of carbonyl (C=O) groups is 2. The molecule has 2 amide bonds. The summed E-state index contributed by atoms with van der Waals surface area (Å²) in [6.45, 7) is 6.00. The molecule has 0 radical (unpaired) electrons. The summed E-state index contributed by atoms with van der Waals surface area (Å²) in [5.41, 5.74) is 2.72. The van der Waals surface area contributed by atoms with E-state index in [0.717, 1.165) is 6.42 Å². The Hall–Kier alpha value is -2.63. The molecule has 1 aromatic carbocycles. The van der Waals surface area contributed by atoms with E-state index in [1.54, 1.807) is 17.9 Å². The van der Waals surface area contributed by atoms with Gasteiger partial charge >= 0.3 is 0 Å². The van der Waals surface area contributed by atoms with Crippen LogP contribution in [0.3, 0.4) is 0 Å². The highest BCUT2D eigenvalue weighted by atomic mass is 16.5. The van der Waals surface area contributed by atoms with Crippen LogP contribution >= 0.6 is 0 Å². The Bertz CT molecular complexity index is 761. The molecule has 2 aromatic rings. The molecule has 132 valence electrons. The second-order valence-corrected chi connectivity index (χ2v) is 6.48. The van der Waals surface area contributed by atoms with Gasteiger partial charge in [0.15, 0.2) is 5.69 Å². The zero-order valence-corrected chi connectivity index (χ0v) is 14.7. The van der Waals surface area contributed by atoms with Crippen molar-refractivity contribution in [3.63, 3.8) is 0 Å². The van der Waals surface area contributed by atoms with E-state index in [9.17, 15) is 9.59 Å². The number of piperazine rings is 1. The molecule has 1 fully saturated rings. The standard InChI is InChI=1S/C19H23N3O3/c1-14-4-3-5-16(12-14)6-7-18(23)21-8-10-22(11-9-21)19(24)17-13-15(2)25-20-17/h3-5,12-13H,6-11H2,1-2H3. The Labute approximate surface area is 147 Å². The Kier molecular flexibility index (Phi) is 5.16. The van der Waals surface area contributed by atoms with Crippen LogP contribution in [0.4, 0.5) is 0 Å². The third-order valence-electron chi connectivity index (χ3n) is 4.48. The van der Waals surface area contributed by atoms with Crippen LogP contribution in [0.5, 0.6) is 0 Å². The lowest BCUT2D eigenvalue weighted by Crippen LogP contribution is -2.50. The fourth-order valence-electron chi connectivity index (χ4n) is 3.07. The molecule has 0 N–H and O–H groups in total. The fraction of sp³-hybridized carbons (Fsp3) is 0.421. The molecule has 0 unspecified atom stereocenters. The van der Waals surface area contributed by atoms with Crippen LogP contribution in [-0.4, -0.2) is 52.9 Å². The van der Waals surface area contributed by atoms with E-state index in [0.29, 0.717) is 44.1 Å². The predicted molar refractivity (Wildman–Crippen MR) is 93.2 cm³/mol. The first-order chi connectivity index (χ1) is 12.0. The summed E-state index contributed by atoms with van der Waals surface area (Å²) in [6.07, 6.45) is 1.25. The number of nitrogens with zero attached hydrogens (tertiary/aromatic N) is 3. The largest absolute Gasteiger partial charge is 0.361 e. The Morgan fingerprint density at radius 2 is 1.80 bits per heavy atom. The third kappa shape index (κ3) is 4.26. The molecule has 25 heavy (non-hydrogen) atoms. The van der Waals surface area contributed by atoms with E-state index in [-0.39, 0.29) is 11.8 Å². The van der Waals surface area contributed by atoms with E-state index in [4.69, 9.17) is 4.52 Å². The van der Waals surface area contributed by atoms with Crippen molar-refractivity contribution in [3.8, 4) is 0 Å². The van der Waals surface area contributed by atoms with E-state index in [1.165, 1.54) is 11.1 Å². The van der Waals surface area contributed by atoms with Crippen molar-refractivity contribution < 1.29 is 14.1 Å². The second-order valence-electron chi connectivity index (χ2n) is 6.48. The molecule has 2 heterocycles. The first kappa shape index (κ1) is 17.2. The van der Waals surface area contributed by atoms with Crippen molar-refractivity contribution >= 4 is 11.8 Å². The molecule has 1 aromatic heterocycles. The highest BCUT2D eigenvalue weighted by Gasteiger charge is 2.26. The highest BCUT2D eigenvalue weighted by Crippen LogP contribution is 2.12.